The molecular weight excluding hydrogens is 216 g/mol. The molecule has 2 rings (SSSR count). The van der Waals surface area contributed by atoms with Gasteiger partial charge in [-0.3, -0.25) is 0 Å². The maximum absolute atomic E-state index is 5.56. The van der Waals surface area contributed by atoms with E-state index >= 15 is 0 Å². The first-order chi connectivity index (χ1) is 8.15. The van der Waals surface area contributed by atoms with Gasteiger partial charge in [-0.1, -0.05) is 36.7 Å². The average Bonchev–Trinajstić information content (AvgIpc) is 2.77. The van der Waals surface area contributed by atoms with Crippen LogP contribution in [-0.4, -0.2) is 10.1 Å². The first kappa shape index (κ1) is 11.6. The van der Waals surface area contributed by atoms with E-state index in [0.717, 1.165) is 5.75 Å². The molecule has 0 bridgehead atoms. The van der Waals surface area contributed by atoms with Gasteiger partial charge in [0.25, 0.3) is 0 Å². The Morgan fingerprint density at radius 3 is 2.53 bits per heavy atom. The van der Waals surface area contributed by atoms with Crippen molar-refractivity contribution in [1.29, 1.82) is 0 Å². The van der Waals surface area contributed by atoms with E-state index in [1.54, 1.807) is 0 Å². The van der Waals surface area contributed by atoms with Gasteiger partial charge in [-0.2, -0.15) is 4.98 Å². The minimum absolute atomic E-state index is 0.246. The van der Waals surface area contributed by atoms with Crippen molar-refractivity contribution in [3.63, 3.8) is 0 Å². The number of nitrogens with zero attached hydrogens (tertiary/aromatic N) is 2. The van der Waals surface area contributed by atoms with E-state index in [2.05, 4.69) is 10.1 Å². The Hall–Kier alpha value is -1.84. The fraction of sp³-hybridized carbons (Fsp3) is 0.385. The van der Waals surface area contributed by atoms with Gasteiger partial charge in [-0.15, -0.1) is 0 Å². The van der Waals surface area contributed by atoms with Gasteiger partial charge in [0.1, 0.15) is 5.75 Å². The number of rotatable bonds is 4. The monoisotopic (exact) mass is 232 g/mol. The lowest BCUT2D eigenvalue weighted by Crippen LogP contribution is -1.98. The van der Waals surface area contributed by atoms with Crippen molar-refractivity contribution in [2.45, 2.75) is 33.3 Å². The summed E-state index contributed by atoms with van der Waals surface area (Å²) in [6.45, 7) is 6.40. The third kappa shape index (κ3) is 3.06. The lowest BCUT2D eigenvalue weighted by molar-refractivity contribution is 0.284. The maximum atomic E-state index is 5.56. The highest BCUT2D eigenvalue weighted by atomic mass is 16.5. The summed E-state index contributed by atoms with van der Waals surface area (Å²) in [6.07, 6.45) is 0. The second-order valence-corrected chi connectivity index (χ2v) is 4.31. The standard InChI is InChI=1S/C13H16N2O2/c1-9(2)13-14-12(15-17-13)8-16-11-6-4-10(3)5-7-11/h4-7,9H,8H2,1-3H3. The van der Waals surface area contributed by atoms with E-state index in [0.29, 0.717) is 18.3 Å². The Balaban J connectivity index is 1.95. The van der Waals surface area contributed by atoms with Crippen LogP contribution in [0.4, 0.5) is 0 Å². The lowest BCUT2D eigenvalue weighted by atomic mass is 10.2. The normalized spacial score (nSPS) is 10.8. The molecule has 4 nitrogen and oxygen atoms in total. The Bertz CT molecular complexity index is 474. The van der Waals surface area contributed by atoms with E-state index in [-0.39, 0.29) is 5.92 Å². The van der Waals surface area contributed by atoms with Crippen LogP contribution in [-0.2, 0) is 6.61 Å². The zero-order chi connectivity index (χ0) is 12.3. The molecule has 0 spiro atoms. The van der Waals surface area contributed by atoms with Gasteiger partial charge in [0.15, 0.2) is 6.61 Å². The Labute approximate surface area is 101 Å². The molecule has 17 heavy (non-hydrogen) atoms. The second-order valence-electron chi connectivity index (χ2n) is 4.31. The van der Waals surface area contributed by atoms with Crippen LogP contribution in [0.25, 0.3) is 0 Å². The summed E-state index contributed by atoms with van der Waals surface area (Å²) in [7, 11) is 0. The molecule has 1 aromatic heterocycles. The first-order valence-electron chi connectivity index (χ1n) is 5.67. The Morgan fingerprint density at radius 1 is 1.24 bits per heavy atom. The van der Waals surface area contributed by atoms with Gasteiger partial charge in [0.05, 0.1) is 0 Å². The molecule has 90 valence electrons. The zero-order valence-corrected chi connectivity index (χ0v) is 10.3. The summed E-state index contributed by atoms with van der Waals surface area (Å²) in [4.78, 5) is 4.24. The topological polar surface area (TPSA) is 48.2 Å². The Kier molecular flexibility index (Phi) is 3.42. The van der Waals surface area contributed by atoms with Gasteiger partial charge in [-0.05, 0) is 19.1 Å². The molecule has 0 radical (unpaired) electrons. The van der Waals surface area contributed by atoms with Crippen LogP contribution >= 0.6 is 0 Å². The van der Waals surface area contributed by atoms with E-state index < -0.39 is 0 Å². The summed E-state index contributed by atoms with van der Waals surface area (Å²) in [6, 6.07) is 7.87. The van der Waals surface area contributed by atoms with Crippen molar-refractivity contribution in [3.05, 3.63) is 41.5 Å². The van der Waals surface area contributed by atoms with Gasteiger partial charge in [0, 0.05) is 5.92 Å². The lowest BCUT2D eigenvalue weighted by Gasteiger charge is -2.02. The van der Waals surface area contributed by atoms with Crippen LogP contribution in [0.3, 0.4) is 0 Å². The van der Waals surface area contributed by atoms with Crippen molar-refractivity contribution >= 4 is 0 Å². The molecule has 1 aromatic carbocycles. The van der Waals surface area contributed by atoms with E-state index in [1.807, 2.05) is 45.0 Å². The third-order valence-electron chi connectivity index (χ3n) is 2.37. The van der Waals surface area contributed by atoms with E-state index in [1.165, 1.54) is 5.56 Å². The minimum atomic E-state index is 0.246. The van der Waals surface area contributed by atoms with Gasteiger partial charge in [-0.25, -0.2) is 0 Å². The summed E-state index contributed by atoms with van der Waals surface area (Å²) in [5.74, 6) is 2.28. The molecule has 0 atom stereocenters. The fourth-order valence-corrected chi connectivity index (χ4v) is 1.34. The molecule has 0 N–H and O–H groups in total. The predicted molar refractivity (Wildman–Crippen MR) is 63.9 cm³/mol. The van der Waals surface area contributed by atoms with Crippen molar-refractivity contribution in [3.8, 4) is 5.75 Å². The number of aryl methyl sites for hydroxylation is 1. The summed E-state index contributed by atoms with van der Waals surface area (Å²) >= 11 is 0. The van der Waals surface area contributed by atoms with Gasteiger partial charge < -0.3 is 9.26 Å². The van der Waals surface area contributed by atoms with Crippen LogP contribution in [0.15, 0.2) is 28.8 Å². The molecule has 0 aliphatic heterocycles. The highest BCUT2D eigenvalue weighted by molar-refractivity contribution is 5.26. The highest BCUT2D eigenvalue weighted by Gasteiger charge is 2.09. The summed E-state index contributed by atoms with van der Waals surface area (Å²) in [5.41, 5.74) is 1.21. The largest absolute Gasteiger partial charge is 0.485 e. The van der Waals surface area contributed by atoms with Crippen molar-refractivity contribution in [1.82, 2.24) is 10.1 Å². The molecule has 0 fully saturated rings. The van der Waals surface area contributed by atoms with Crippen LogP contribution in [0, 0.1) is 6.92 Å². The van der Waals surface area contributed by atoms with Gasteiger partial charge in [0.2, 0.25) is 11.7 Å². The molecular formula is C13H16N2O2. The molecule has 0 amide bonds. The van der Waals surface area contributed by atoms with Crippen molar-refractivity contribution in [2.75, 3.05) is 0 Å². The zero-order valence-electron chi connectivity index (χ0n) is 10.3. The third-order valence-corrected chi connectivity index (χ3v) is 2.37. The van der Waals surface area contributed by atoms with Crippen LogP contribution in [0.2, 0.25) is 0 Å². The molecule has 0 saturated heterocycles. The van der Waals surface area contributed by atoms with Crippen molar-refractivity contribution < 1.29 is 9.26 Å². The van der Waals surface area contributed by atoms with E-state index in [4.69, 9.17) is 9.26 Å². The van der Waals surface area contributed by atoms with Crippen LogP contribution in [0.1, 0.15) is 37.0 Å². The molecule has 1 heterocycles. The molecule has 2 aromatic rings. The smallest absolute Gasteiger partial charge is 0.229 e. The summed E-state index contributed by atoms with van der Waals surface area (Å²) < 4.78 is 10.6. The quantitative estimate of drug-likeness (QED) is 0.812. The number of hydrogen-bond acceptors (Lipinski definition) is 4. The number of ether oxygens (including phenoxy) is 1. The number of aromatic nitrogens is 2. The van der Waals surface area contributed by atoms with E-state index in [9.17, 15) is 0 Å². The number of benzene rings is 1. The van der Waals surface area contributed by atoms with Crippen LogP contribution < -0.4 is 4.74 Å². The predicted octanol–water partition coefficient (Wildman–Crippen LogP) is 3.08. The number of hydrogen-bond donors (Lipinski definition) is 0. The fourth-order valence-electron chi connectivity index (χ4n) is 1.34. The maximum Gasteiger partial charge on any atom is 0.229 e. The Morgan fingerprint density at radius 2 is 1.94 bits per heavy atom. The molecule has 4 heteroatoms. The van der Waals surface area contributed by atoms with Crippen LogP contribution in [0.5, 0.6) is 5.75 Å². The SMILES string of the molecule is Cc1ccc(OCc2noc(C(C)C)n2)cc1. The summed E-state index contributed by atoms with van der Waals surface area (Å²) in [5, 5.41) is 3.86. The minimum Gasteiger partial charge on any atom is -0.485 e. The average molecular weight is 232 g/mol. The molecule has 0 aliphatic rings. The molecule has 0 aliphatic carbocycles. The molecule has 0 unspecified atom stereocenters. The van der Waals surface area contributed by atoms with Crippen molar-refractivity contribution in [2.24, 2.45) is 0 Å². The molecule has 0 saturated carbocycles. The van der Waals surface area contributed by atoms with Gasteiger partial charge >= 0.3 is 0 Å². The second kappa shape index (κ2) is 4.99. The first-order valence-corrected chi connectivity index (χ1v) is 5.67. The highest BCUT2D eigenvalue weighted by Crippen LogP contribution is 2.14.